The lowest BCUT2D eigenvalue weighted by molar-refractivity contribution is -0.384. The molecule has 1 aromatic carbocycles. The zero-order valence-electron chi connectivity index (χ0n) is 6.93. The van der Waals surface area contributed by atoms with E-state index >= 15 is 0 Å². The highest BCUT2D eigenvalue weighted by Crippen LogP contribution is 2.27. The number of carbonyl (C=O) groups excluding carboxylic acids is 1. The van der Waals surface area contributed by atoms with Crippen molar-refractivity contribution in [2.75, 3.05) is 5.73 Å². The maximum Gasteiger partial charge on any atom is 0.303 e. The Morgan fingerprint density at radius 2 is 2.21 bits per heavy atom. The van der Waals surface area contributed by atoms with Crippen molar-refractivity contribution in [2.45, 2.75) is 0 Å². The first-order valence-corrected chi connectivity index (χ1v) is 3.54. The third-order valence-corrected chi connectivity index (χ3v) is 1.67. The van der Waals surface area contributed by atoms with Crippen LogP contribution in [0.1, 0.15) is 15.9 Å². The molecule has 1 aromatic rings. The first kappa shape index (κ1) is 9.67. The van der Waals surface area contributed by atoms with Crippen LogP contribution in [0.3, 0.4) is 0 Å². The van der Waals surface area contributed by atoms with E-state index in [0.29, 0.717) is 0 Å². The van der Waals surface area contributed by atoms with Gasteiger partial charge in [-0.15, -0.1) is 0 Å². The van der Waals surface area contributed by atoms with Gasteiger partial charge in [0.05, 0.1) is 10.5 Å². The summed E-state index contributed by atoms with van der Waals surface area (Å²) in [6.07, 6.45) is 0.257. The number of aldehydes is 1. The standard InChI is InChI=1S/C8H5N3O3/c9-3-5-1-2-7(10)8(11(13)14)6(5)4-12/h1-2,4H,10H2. The molecule has 0 heterocycles. The number of carbonyl (C=O) groups is 1. The van der Waals surface area contributed by atoms with E-state index in [4.69, 9.17) is 11.0 Å². The number of nitro benzene ring substituents is 1. The first-order valence-electron chi connectivity index (χ1n) is 3.54. The fraction of sp³-hybridized carbons (Fsp3) is 0. The minimum absolute atomic E-state index is 0.0547. The molecule has 0 saturated carbocycles. The van der Waals surface area contributed by atoms with Gasteiger partial charge in [0.1, 0.15) is 17.3 Å². The van der Waals surface area contributed by atoms with Crippen LogP contribution in [0.5, 0.6) is 0 Å². The van der Waals surface area contributed by atoms with E-state index in [9.17, 15) is 14.9 Å². The largest absolute Gasteiger partial charge is 0.393 e. The van der Waals surface area contributed by atoms with Crippen LogP contribution in [0.2, 0.25) is 0 Å². The molecule has 1 rings (SSSR count). The lowest BCUT2D eigenvalue weighted by Gasteiger charge is -2.00. The molecule has 0 saturated heterocycles. The molecular formula is C8H5N3O3. The molecule has 0 aliphatic rings. The van der Waals surface area contributed by atoms with Crippen molar-refractivity contribution in [3.8, 4) is 6.07 Å². The molecule has 0 unspecified atom stereocenters. The number of nitrogens with zero attached hydrogens (tertiary/aromatic N) is 2. The molecule has 2 N–H and O–H groups in total. The summed E-state index contributed by atoms with van der Waals surface area (Å²) in [5, 5.41) is 19.1. The minimum atomic E-state index is -0.778. The zero-order chi connectivity index (χ0) is 10.7. The van der Waals surface area contributed by atoms with Crippen molar-refractivity contribution < 1.29 is 9.72 Å². The number of nitrogens with two attached hydrogens (primary N) is 1. The highest BCUT2D eigenvalue weighted by Gasteiger charge is 2.20. The van der Waals surface area contributed by atoms with Gasteiger partial charge >= 0.3 is 5.69 Å². The van der Waals surface area contributed by atoms with Crippen molar-refractivity contribution in [1.82, 2.24) is 0 Å². The normalized spacial score (nSPS) is 9.07. The van der Waals surface area contributed by atoms with Gasteiger partial charge in [-0.1, -0.05) is 0 Å². The highest BCUT2D eigenvalue weighted by molar-refractivity contribution is 5.89. The molecule has 14 heavy (non-hydrogen) atoms. The number of hydrogen-bond donors (Lipinski definition) is 1. The monoisotopic (exact) mass is 191 g/mol. The van der Waals surface area contributed by atoms with Crippen LogP contribution in [0.25, 0.3) is 0 Å². The molecule has 0 fully saturated rings. The van der Waals surface area contributed by atoms with Crippen molar-refractivity contribution >= 4 is 17.7 Å². The summed E-state index contributed by atoms with van der Waals surface area (Å²) in [6, 6.07) is 4.17. The summed E-state index contributed by atoms with van der Waals surface area (Å²) in [7, 11) is 0. The zero-order valence-corrected chi connectivity index (χ0v) is 6.93. The molecular weight excluding hydrogens is 186 g/mol. The van der Waals surface area contributed by atoms with Crippen LogP contribution in [-0.4, -0.2) is 11.2 Å². The molecule has 0 aromatic heterocycles. The summed E-state index contributed by atoms with van der Waals surface area (Å²) in [4.78, 5) is 20.3. The molecule has 0 aliphatic carbocycles. The summed E-state index contributed by atoms with van der Waals surface area (Å²) in [5.41, 5.74) is 4.33. The topological polar surface area (TPSA) is 110 Å². The summed E-state index contributed by atoms with van der Waals surface area (Å²) >= 11 is 0. The maximum atomic E-state index is 10.6. The van der Waals surface area contributed by atoms with Gasteiger partial charge in [-0.3, -0.25) is 14.9 Å². The Balaban J connectivity index is 3.61. The van der Waals surface area contributed by atoms with Gasteiger partial charge in [0, 0.05) is 0 Å². The van der Waals surface area contributed by atoms with Crippen LogP contribution in [0.4, 0.5) is 11.4 Å². The molecule has 6 heteroatoms. The predicted molar refractivity (Wildman–Crippen MR) is 47.6 cm³/mol. The summed E-state index contributed by atoms with van der Waals surface area (Å²) in [6.45, 7) is 0. The van der Waals surface area contributed by atoms with Gasteiger partial charge in [0.15, 0.2) is 6.29 Å². The molecule has 0 radical (unpaired) electrons. The van der Waals surface area contributed by atoms with Crippen molar-refractivity contribution in [1.29, 1.82) is 5.26 Å². The van der Waals surface area contributed by atoms with Crippen LogP contribution < -0.4 is 5.73 Å². The molecule has 0 amide bonds. The van der Waals surface area contributed by atoms with Gasteiger partial charge in [0.25, 0.3) is 0 Å². The number of rotatable bonds is 2. The maximum absolute atomic E-state index is 10.6. The fourth-order valence-electron chi connectivity index (χ4n) is 1.05. The molecule has 70 valence electrons. The first-order chi connectivity index (χ1) is 6.61. The Kier molecular flexibility index (Phi) is 2.44. The smallest absolute Gasteiger partial charge is 0.303 e. The Morgan fingerprint density at radius 3 is 2.64 bits per heavy atom. The lowest BCUT2D eigenvalue weighted by Crippen LogP contribution is -2.02. The lowest BCUT2D eigenvalue weighted by atomic mass is 10.1. The van der Waals surface area contributed by atoms with E-state index in [1.165, 1.54) is 12.1 Å². The molecule has 0 spiro atoms. The third-order valence-electron chi connectivity index (χ3n) is 1.67. The van der Waals surface area contributed by atoms with Crippen molar-refractivity contribution in [3.63, 3.8) is 0 Å². The summed E-state index contributed by atoms with van der Waals surface area (Å²) in [5.74, 6) is 0. The minimum Gasteiger partial charge on any atom is -0.393 e. The number of anilines is 1. The Bertz CT molecular complexity index is 448. The van der Waals surface area contributed by atoms with E-state index in [0.717, 1.165) is 0 Å². The SMILES string of the molecule is N#Cc1ccc(N)c([N+](=O)[O-])c1C=O. The second-order valence-electron chi connectivity index (χ2n) is 2.45. The third kappa shape index (κ3) is 1.38. The Labute approximate surface area is 78.7 Å². The van der Waals surface area contributed by atoms with E-state index in [-0.39, 0.29) is 23.1 Å². The number of hydrogen-bond acceptors (Lipinski definition) is 5. The van der Waals surface area contributed by atoms with Crippen LogP contribution >= 0.6 is 0 Å². The van der Waals surface area contributed by atoms with Gasteiger partial charge in [0.2, 0.25) is 0 Å². The van der Waals surface area contributed by atoms with Crippen LogP contribution in [0.15, 0.2) is 12.1 Å². The van der Waals surface area contributed by atoms with E-state index < -0.39 is 10.6 Å². The van der Waals surface area contributed by atoms with Gasteiger partial charge < -0.3 is 5.73 Å². The molecule has 0 bridgehead atoms. The number of nitrogen functional groups attached to an aromatic ring is 1. The second kappa shape index (κ2) is 3.53. The van der Waals surface area contributed by atoms with Crippen molar-refractivity contribution in [2.24, 2.45) is 0 Å². The van der Waals surface area contributed by atoms with Gasteiger partial charge in [-0.05, 0) is 12.1 Å². The molecule has 0 aliphatic heterocycles. The van der Waals surface area contributed by atoms with E-state index in [1.807, 2.05) is 0 Å². The van der Waals surface area contributed by atoms with E-state index in [1.54, 1.807) is 6.07 Å². The number of nitriles is 1. The summed E-state index contributed by atoms with van der Waals surface area (Å²) < 4.78 is 0. The average molecular weight is 191 g/mol. The van der Waals surface area contributed by atoms with Crippen LogP contribution in [0, 0.1) is 21.4 Å². The fourth-order valence-corrected chi connectivity index (χ4v) is 1.05. The average Bonchev–Trinajstić information content (AvgIpc) is 2.16. The van der Waals surface area contributed by atoms with Crippen molar-refractivity contribution in [3.05, 3.63) is 33.4 Å². The number of benzene rings is 1. The van der Waals surface area contributed by atoms with E-state index in [2.05, 4.69) is 0 Å². The van der Waals surface area contributed by atoms with Gasteiger partial charge in [-0.2, -0.15) is 5.26 Å². The quantitative estimate of drug-likeness (QED) is 0.322. The highest BCUT2D eigenvalue weighted by atomic mass is 16.6. The predicted octanol–water partition coefficient (Wildman–Crippen LogP) is 0.861. The molecule has 0 atom stereocenters. The molecule has 6 nitrogen and oxygen atoms in total. The van der Waals surface area contributed by atoms with Gasteiger partial charge in [-0.25, -0.2) is 0 Å². The van der Waals surface area contributed by atoms with Crippen LogP contribution in [-0.2, 0) is 0 Å². The Morgan fingerprint density at radius 1 is 1.57 bits per heavy atom. The Hall–Kier alpha value is -2.42. The number of nitro groups is 1. The second-order valence-corrected chi connectivity index (χ2v) is 2.45.